The molecule has 0 aliphatic heterocycles. The summed E-state index contributed by atoms with van der Waals surface area (Å²) in [7, 11) is 3.66. The fraction of sp³-hybridized carbons (Fsp3) is 0.262. The molecule has 9 rings (SSSR count). The van der Waals surface area contributed by atoms with Gasteiger partial charge in [0.15, 0.2) is 22.9 Å². The van der Waals surface area contributed by atoms with Crippen molar-refractivity contribution in [2.75, 3.05) is 34.5 Å². The average Bonchev–Trinajstić information content (AvgIpc) is 1.35. The van der Waals surface area contributed by atoms with Crippen molar-refractivity contribution in [3.63, 3.8) is 0 Å². The molecule has 4 heterocycles. The molecule has 4 aromatic heterocycles. The van der Waals surface area contributed by atoms with Crippen molar-refractivity contribution >= 4 is 39.7 Å². The summed E-state index contributed by atoms with van der Waals surface area (Å²) in [5, 5.41) is 17.3. The number of benzene rings is 5. The first-order valence-corrected chi connectivity index (χ1v) is 26.9. The number of oxazole rings is 2. The summed E-state index contributed by atoms with van der Waals surface area (Å²) < 4.78 is 192. The fourth-order valence-electron chi connectivity index (χ4n) is 8.45. The number of alkyl carbamates (subject to hydrolysis) is 1. The van der Waals surface area contributed by atoms with Gasteiger partial charge in [0.25, 0.3) is 11.8 Å². The molecule has 0 unspecified atom stereocenters. The van der Waals surface area contributed by atoms with Gasteiger partial charge in [-0.15, -0.1) is 0 Å². The quantitative estimate of drug-likeness (QED) is 0.0462. The molecule has 0 bridgehead atoms. The van der Waals surface area contributed by atoms with E-state index in [1.54, 1.807) is 20.8 Å². The number of carbonyl (C=O) groups is 3. The van der Waals surface area contributed by atoms with Crippen molar-refractivity contribution in [3.8, 4) is 34.4 Å². The molecule has 8 N–H and O–H groups in total. The second-order valence-corrected chi connectivity index (χ2v) is 20.5. The third-order valence-electron chi connectivity index (χ3n) is 13.0. The van der Waals surface area contributed by atoms with Gasteiger partial charge in [-0.25, -0.2) is 51.1 Å². The van der Waals surface area contributed by atoms with Crippen molar-refractivity contribution in [1.29, 1.82) is 0 Å². The minimum Gasteiger partial charge on any atom is -0.494 e. The Hall–Kier alpha value is -9.85. The number of amides is 3. The second-order valence-electron chi connectivity index (χ2n) is 20.5. The number of halogens is 12. The van der Waals surface area contributed by atoms with Crippen molar-refractivity contribution in [3.05, 3.63) is 189 Å². The largest absolute Gasteiger partial charge is 0.494 e. The number of nitrogens with one attached hydrogen (secondary N) is 3. The smallest absolute Gasteiger partial charge is 0.433 e. The number of ether oxygens (including phenoxy) is 4. The van der Waals surface area contributed by atoms with Gasteiger partial charge in [-0.3, -0.25) is 9.59 Å². The second kappa shape index (κ2) is 29.4. The van der Waals surface area contributed by atoms with Gasteiger partial charge in [-0.05, 0) is 87.5 Å². The number of aliphatic hydroxyl groups excluding tert-OH is 1. The molecular weight excluding hydrogens is 1250 g/mol. The third-order valence-corrected chi connectivity index (χ3v) is 13.0. The SMILES string of the molecule is COC(=O)N[C@@H](COC(C)(C)C)c1oc(-c2ccc(OC)c3nc(C(F)(F)F)ccc23)nc1C(=O)NCc1ccc(F)cc1F.COc1ccc(-c2nc(C(=O)NCc3ccc(F)cc3F)c([C@@H](N)CO)o2)c2ccc(C(F)(F)F)nc12.NCc1ccc(F)cc1F. The van der Waals surface area contributed by atoms with E-state index in [2.05, 4.69) is 35.9 Å². The van der Waals surface area contributed by atoms with E-state index in [1.807, 2.05) is 0 Å². The van der Waals surface area contributed by atoms with Gasteiger partial charge in [0.2, 0.25) is 11.8 Å². The number of rotatable bonds is 17. The number of nitrogens with two attached hydrogens (primary N) is 2. The predicted molar refractivity (Wildman–Crippen MR) is 305 cm³/mol. The third kappa shape index (κ3) is 17.1. The highest BCUT2D eigenvalue weighted by atomic mass is 19.4. The first-order chi connectivity index (χ1) is 43.4. The van der Waals surface area contributed by atoms with Crippen LogP contribution < -0.4 is 36.9 Å². The zero-order valence-corrected chi connectivity index (χ0v) is 49.1. The van der Waals surface area contributed by atoms with E-state index in [9.17, 15) is 72.2 Å². The van der Waals surface area contributed by atoms with E-state index in [0.717, 1.165) is 61.7 Å². The maximum absolute atomic E-state index is 14.3. The Labute approximate surface area is 514 Å². The molecule has 0 saturated carbocycles. The zero-order valence-electron chi connectivity index (χ0n) is 49.1. The van der Waals surface area contributed by atoms with Gasteiger partial charge < -0.3 is 60.3 Å². The van der Waals surface area contributed by atoms with Gasteiger partial charge >= 0.3 is 18.4 Å². The van der Waals surface area contributed by atoms with Crippen LogP contribution in [0.5, 0.6) is 11.5 Å². The highest BCUT2D eigenvalue weighted by molar-refractivity contribution is 5.99. The van der Waals surface area contributed by atoms with Crippen LogP contribution in [-0.2, 0) is 41.5 Å². The molecule has 0 radical (unpaired) electrons. The number of pyridine rings is 2. The minimum absolute atomic E-state index is 0.000772. The topological polar surface area (TPSA) is 274 Å². The Kier molecular flexibility index (Phi) is 22.3. The Morgan fingerprint density at radius 2 is 0.989 bits per heavy atom. The van der Waals surface area contributed by atoms with Crippen molar-refractivity contribution in [2.24, 2.45) is 11.5 Å². The molecule has 31 heteroatoms. The van der Waals surface area contributed by atoms with Crippen LogP contribution in [0.15, 0.2) is 112 Å². The minimum atomic E-state index is -4.74. The lowest BCUT2D eigenvalue weighted by Gasteiger charge is -2.24. The van der Waals surface area contributed by atoms with E-state index >= 15 is 0 Å². The van der Waals surface area contributed by atoms with Crippen LogP contribution in [-0.4, -0.2) is 83.1 Å². The first kappa shape index (κ1) is 69.6. The molecule has 0 spiro atoms. The molecule has 0 aliphatic carbocycles. The van der Waals surface area contributed by atoms with E-state index in [0.29, 0.717) is 17.7 Å². The summed E-state index contributed by atoms with van der Waals surface area (Å²) in [6.45, 7) is 3.83. The Bertz CT molecular complexity index is 4140. The summed E-state index contributed by atoms with van der Waals surface area (Å²) in [6.07, 6.45) is -10.3. The number of methoxy groups -OCH3 is 3. The number of aliphatic hydroxyl groups is 1. The number of nitrogens with zero attached hydrogens (tertiary/aromatic N) is 4. The first-order valence-electron chi connectivity index (χ1n) is 26.9. The number of hydrogen-bond acceptors (Lipinski definition) is 16. The monoisotopic (exact) mass is 1300 g/mol. The molecule has 3 amide bonds. The van der Waals surface area contributed by atoms with E-state index in [4.69, 9.17) is 39.2 Å². The number of aromatic nitrogens is 4. The summed E-state index contributed by atoms with van der Waals surface area (Å²) in [5.74, 6) is -6.93. The van der Waals surface area contributed by atoms with Crippen molar-refractivity contribution in [2.45, 2.75) is 70.4 Å². The van der Waals surface area contributed by atoms with Crippen LogP contribution in [0.4, 0.5) is 57.5 Å². The van der Waals surface area contributed by atoms with E-state index in [1.165, 1.54) is 50.6 Å². The summed E-state index contributed by atoms with van der Waals surface area (Å²) in [6, 6.07) is 16.2. The molecule has 0 fully saturated rings. The molecular formula is C61H55F12N9O10. The summed E-state index contributed by atoms with van der Waals surface area (Å²) >= 11 is 0. The van der Waals surface area contributed by atoms with Crippen LogP contribution in [0.2, 0.25) is 0 Å². The maximum atomic E-state index is 14.3. The zero-order chi connectivity index (χ0) is 67.6. The van der Waals surface area contributed by atoms with Gasteiger partial charge in [-0.1, -0.05) is 18.2 Å². The molecule has 488 valence electrons. The highest BCUT2D eigenvalue weighted by Gasteiger charge is 2.36. The molecule has 19 nitrogen and oxygen atoms in total. The predicted octanol–water partition coefficient (Wildman–Crippen LogP) is 11.9. The normalized spacial score (nSPS) is 12.3. The standard InChI is InChI=1S/C30H29F5N4O6.C24H19F5N4O4.C7H7F2N/c1-29(2,3)44-14-20(37-28(41)43-5)25-24(26(40)36-13-15-6-7-16(31)12-19(15)32)39-27(45-25)18-8-10-21(42-4)23-17(18)9-11-22(38-23)30(33,34)35;1-36-17-6-4-14(13-5-7-18(24(27,28)29)32-19(13)17)23-33-20(21(37-23)16(30)10-34)22(35)31-9-11-2-3-12(25)8-15(11)26;8-6-2-1-5(4-10)7(9)3-6/h6-12,20H,13-14H2,1-5H3,(H,36,40)(H,37,41);2-8,16,34H,9-10,30H2,1H3,(H,31,35);1-3H,4,10H2/t20-;16-;/m00./s1. The van der Waals surface area contributed by atoms with E-state index < -0.39 is 101 Å². The Morgan fingerprint density at radius 3 is 1.36 bits per heavy atom. The number of alkyl halides is 6. The molecule has 5 aromatic carbocycles. The lowest BCUT2D eigenvalue weighted by atomic mass is 10.1. The number of fused-ring (bicyclic) bond motifs is 2. The summed E-state index contributed by atoms with van der Waals surface area (Å²) in [5.41, 5.74) is 7.68. The van der Waals surface area contributed by atoms with E-state index in [-0.39, 0.29) is 116 Å². The fourth-order valence-corrected chi connectivity index (χ4v) is 8.45. The number of carbonyl (C=O) groups excluding carboxylic acids is 3. The lowest BCUT2D eigenvalue weighted by Crippen LogP contribution is -2.35. The Morgan fingerprint density at radius 1 is 0.576 bits per heavy atom. The molecule has 92 heavy (non-hydrogen) atoms. The average molecular weight is 1300 g/mol. The van der Waals surface area contributed by atoms with Gasteiger partial charge in [-0.2, -0.15) is 26.3 Å². The lowest BCUT2D eigenvalue weighted by molar-refractivity contribution is -0.141. The molecule has 9 aromatic rings. The van der Waals surface area contributed by atoms with Crippen LogP contribution in [0.1, 0.15) is 93.4 Å². The summed E-state index contributed by atoms with van der Waals surface area (Å²) in [4.78, 5) is 54.5. The Balaban J connectivity index is 0.000000229. The van der Waals surface area contributed by atoms with Gasteiger partial charge in [0.05, 0.1) is 46.2 Å². The molecule has 0 saturated heterocycles. The molecule has 0 aliphatic rings. The maximum Gasteiger partial charge on any atom is 0.433 e. The van der Waals surface area contributed by atoms with Gasteiger partial charge in [0, 0.05) is 76.4 Å². The van der Waals surface area contributed by atoms with Crippen LogP contribution in [0, 0.1) is 34.9 Å². The van der Waals surface area contributed by atoms with Crippen LogP contribution in [0.3, 0.4) is 0 Å². The number of hydrogen-bond donors (Lipinski definition) is 6. The molecule has 2 atom stereocenters. The van der Waals surface area contributed by atoms with Crippen LogP contribution in [0.25, 0.3) is 44.7 Å². The van der Waals surface area contributed by atoms with Crippen molar-refractivity contribution < 1.29 is 100.0 Å². The van der Waals surface area contributed by atoms with Gasteiger partial charge in [0.1, 0.15) is 74.9 Å². The van der Waals surface area contributed by atoms with Crippen LogP contribution >= 0.6 is 0 Å². The van der Waals surface area contributed by atoms with Crippen molar-refractivity contribution in [1.82, 2.24) is 35.9 Å². The highest BCUT2D eigenvalue weighted by Crippen LogP contribution is 2.40.